The Balaban J connectivity index is 2.97. The average Bonchev–Trinajstić information content (AvgIpc) is 2.54. The van der Waals surface area contributed by atoms with Gasteiger partial charge in [0.25, 0.3) is 0 Å². The topological polar surface area (TPSA) is 78.1 Å². The van der Waals surface area contributed by atoms with Gasteiger partial charge in [-0.3, -0.25) is 4.79 Å². The highest BCUT2D eigenvalue weighted by atomic mass is 28.4. The van der Waals surface area contributed by atoms with Crippen LogP contribution in [0.1, 0.15) is 13.3 Å². The van der Waals surface area contributed by atoms with Crippen molar-refractivity contribution < 1.29 is 22.8 Å². The van der Waals surface area contributed by atoms with Gasteiger partial charge in [0, 0.05) is 47.9 Å². The van der Waals surface area contributed by atoms with Crippen LogP contribution in [0.3, 0.4) is 0 Å². The van der Waals surface area contributed by atoms with Crippen molar-refractivity contribution in [1.82, 2.24) is 10.6 Å². The molecule has 8 heteroatoms. The highest BCUT2D eigenvalue weighted by Gasteiger charge is 2.51. The summed E-state index contributed by atoms with van der Waals surface area (Å²) >= 11 is 0. The fourth-order valence-corrected chi connectivity index (χ4v) is 5.12. The zero-order valence-corrected chi connectivity index (χ0v) is 13.7. The molecule has 0 radical (unpaired) electrons. The van der Waals surface area contributed by atoms with Crippen LogP contribution in [0.5, 0.6) is 0 Å². The van der Waals surface area contributed by atoms with E-state index in [-0.39, 0.29) is 17.6 Å². The Labute approximate surface area is 121 Å². The minimum absolute atomic E-state index is 0.107. The third-order valence-electron chi connectivity index (χ3n) is 3.53. The minimum atomic E-state index is -2.88. The highest BCUT2D eigenvalue weighted by molar-refractivity contribution is 6.62. The Morgan fingerprint density at radius 1 is 1.05 bits per heavy atom. The van der Waals surface area contributed by atoms with Gasteiger partial charge in [0.05, 0.1) is 5.54 Å². The highest BCUT2D eigenvalue weighted by Crippen LogP contribution is 2.32. The first kappa shape index (κ1) is 17.5. The Morgan fingerprint density at radius 2 is 1.65 bits per heavy atom. The molecular formula is C12H26N2O5Si. The van der Waals surface area contributed by atoms with E-state index in [0.29, 0.717) is 6.54 Å². The molecule has 1 aliphatic rings. The number of carbonyl (C=O) groups is 1. The number of rotatable bonds is 5. The molecule has 1 rings (SSSR count). The van der Waals surface area contributed by atoms with E-state index in [1.54, 1.807) is 21.3 Å². The predicted octanol–water partition coefficient (Wildman–Crippen LogP) is -0.251. The Bertz CT molecular complexity index is 293. The summed E-state index contributed by atoms with van der Waals surface area (Å²) in [6.45, 7) is 4.48. The van der Waals surface area contributed by atoms with Crippen molar-refractivity contribution in [2.75, 3.05) is 47.5 Å². The Hall–Kier alpha value is -0.513. The number of nitrogens with one attached hydrogen (secondary N) is 2. The van der Waals surface area contributed by atoms with E-state index < -0.39 is 8.80 Å². The predicted molar refractivity (Wildman–Crippen MR) is 76.4 cm³/mol. The number of ether oxygens (including phenoxy) is 1. The number of hydrogen-bond acceptors (Lipinski definition) is 7. The smallest absolute Gasteiger partial charge is 0.461 e. The molecule has 0 amide bonds. The molecule has 118 valence electrons. The molecule has 0 aromatic rings. The van der Waals surface area contributed by atoms with Crippen molar-refractivity contribution in [2.24, 2.45) is 0 Å². The molecule has 2 unspecified atom stereocenters. The van der Waals surface area contributed by atoms with Crippen molar-refractivity contribution >= 4 is 14.8 Å². The van der Waals surface area contributed by atoms with E-state index in [2.05, 4.69) is 10.6 Å². The maximum absolute atomic E-state index is 11.4. The van der Waals surface area contributed by atoms with E-state index in [4.69, 9.17) is 18.0 Å². The van der Waals surface area contributed by atoms with E-state index in [1.165, 1.54) is 6.92 Å². The van der Waals surface area contributed by atoms with Gasteiger partial charge in [-0.15, -0.1) is 0 Å². The SMILES string of the molecule is CO[Si](OC)(OC)C1CCNCCNCC1OC(C)=O. The van der Waals surface area contributed by atoms with Gasteiger partial charge in [0.15, 0.2) is 0 Å². The van der Waals surface area contributed by atoms with E-state index in [0.717, 1.165) is 26.1 Å². The summed E-state index contributed by atoms with van der Waals surface area (Å²) < 4.78 is 22.2. The van der Waals surface area contributed by atoms with Crippen LogP contribution in [0.25, 0.3) is 0 Å². The number of hydrogen-bond donors (Lipinski definition) is 2. The monoisotopic (exact) mass is 306 g/mol. The second kappa shape index (κ2) is 8.70. The molecule has 1 saturated heterocycles. The first-order chi connectivity index (χ1) is 9.59. The van der Waals surface area contributed by atoms with Crippen molar-refractivity contribution in [2.45, 2.75) is 25.0 Å². The van der Waals surface area contributed by atoms with Crippen LogP contribution in [-0.2, 0) is 22.8 Å². The van der Waals surface area contributed by atoms with E-state index in [9.17, 15) is 4.79 Å². The summed E-state index contributed by atoms with van der Waals surface area (Å²) in [6.07, 6.45) is 0.445. The maximum Gasteiger partial charge on any atom is 0.507 e. The molecule has 1 fully saturated rings. The second-order valence-corrected chi connectivity index (χ2v) is 7.89. The van der Waals surface area contributed by atoms with Crippen molar-refractivity contribution in [1.29, 1.82) is 0 Å². The molecule has 0 aromatic heterocycles. The standard InChI is InChI=1S/C12H26N2O5Si/c1-10(15)19-11-9-14-8-7-13-6-5-12(11)20(16-2,17-3)18-4/h11-14H,5-9H2,1-4H3. The molecule has 0 spiro atoms. The van der Waals surface area contributed by atoms with Crippen LogP contribution >= 0.6 is 0 Å². The zero-order valence-electron chi connectivity index (χ0n) is 12.7. The summed E-state index contributed by atoms with van der Waals surface area (Å²) in [7, 11) is 1.86. The molecule has 0 bridgehead atoms. The fourth-order valence-electron chi connectivity index (χ4n) is 2.58. The van der Waals surface area contributed by atoms with Crippen LogP contribution in [0.2, 0.25) is 5.54 Å². The van der Waals surface area contributed by atoms with Crippen LogP contribution in [0, 0.1) is 0 Å². The summed E-state index contributed by atoms with van der Waals surface area (Å²) in [5.41, 5.74) is -0.107. The lowest BCUT2D eigenvalue weighted by molar-refractivity contribution is -0.147. The molecule has 0 saturated carbocycles. The summed E-state index contributed by atoms with van der Waals surface area (Å²) in [5, 5.41) is 6.60. The van der Waals surface area contributed by atoms with Crippen LogP contribution in [0.15, 0.2) is 0 Å². The van der Waals surface area contributed by atoms with Crippen molar-refractivity contribution in [3.8, 4) is 0 Å². The molecule has 2 N–H and O–H groups in total. The normalized spacial score (nSPS) is 25.4. The third kappa shape index (κ3) is 4.50. The molecule has 7 nitrogen and oxygen atoms in total. The molecule has 20 heavy (non-hydrogen) atoms. The molecule has 1 aliphatic heterocycles. The quantitative estimate of drug-likeness (QED) is 0.535. The van der Waals surface area contributed by atoms with Gasteiger partial charge in [-0.05, 0) is 13.0 Å². The van der Waals surface area contributed by atoms with Gasteiger partial charge >= 0.3 is 14.8 Å². The second-order valence-electron chi connectivity index (χ2n) is 4.71. The number of carbonyl (C=O) groups excluding carboxylic acids is 1. The number of esters is 1. The first-order valence-corrected chi connectivity index (χ1v) is 8.64. The summed E-state index contributed by atoms with van der Waals surface area (Å²) in [5.74, 6) is -0.305. The molecule has 1 heterocycles. The maximum atomic E-state index is 11.4. The van der Waals surface area contributed by atoms with Gasteiger partial charge in [0.2, 0.25) is 0 Å². The molecule has 0 aliphatic carbocycles. The van der Waals surface area contributed by atoms with E-state index >= 15 is 0 Å². The largest absolute Gasteiger partial charge is 0.507 e. The van der Waals surface area contributed by atoms with Gasteiger partial charge in [0.1, 0.15) is 6.10 Å². The molecular weight excluding hydrogens is 280 g/mol. The van der Waals surface area contributed by atoms with Crippen molar-refractivity contribution in [3.63, 3.8) is 0 Å². The van der Waals surface area contributed by atoms with Gasteiger partial charge in [-0.25, -0.2) is 0 Å². The lowest BCUT2D eigenvalue weighted by atomic mass is 10.2. The molecule has 0 aromatic carbocycles. The fraction of sp³-hybridized carbons (Fsp3) is 0.917. The zero-order chi connectivity index (χ0) is 15.0. The van der Waals surface area contributed by atoms with Gasteiger partial charge in [-0.2, -0.15) is 0 Å². The first-order valence-electron chi connectivity index (χ1n) is 6.83. The molecule has 2 atom stereocenters. The lowest BCUT2D eigenvalue weighted by Crippen LogP contribution is -2.54. The lowest BCUT2D eigenvalue weighted by Gasteiger charge is -2.36. The van der Waals surface area contributed by atoms with Gasteiger partial charge in [-0.1, -0.05) is 0 Å². The van der Waals surface area contributed by atoms with Gasteiger partial charge < -0.3 is 28.6 Å². The van der Waals surface area contributed by atoms with Crippen LogP contribution in [-0.4, -0.2) is 68.4 Å². The van der Waals surface area contributed by atoms with Crippen molar-refractivity contribution in [3.05, 3.63) is 0 Å². The van der Waals surface area contributed by atoms with Crippen LogP contribution < -0.4 is 10.6 Å². The summed E-state index contributed by atoms with van der Waals surface area (Å²) in [6, 6.07) is 0. The van der Waals surface area contributed by atoms with Crippen LogP contribution in [0.4, 0.5) is 0 Å². The Morgan fingerprint density at radius 3 is 2.20 bits per heavy atom. The third-order valence-corrected chi connectivity index (χ3v) is 6.81. The Kier molecular flexibility index (Phi) is 7.63. The van der Waals surface area contributed by atoms with E-state index in [1.807, 2.05) is 0 Å². The minimum Gasteiger partial charge on any atom is -0.461 e. The average molecular weight is 306 g/mol. The summed E-state index contributed by atoms with van der Waals surface area (Å²) in [4.78, 5) is 11.4.